The lowest BCUT2D eigenvalue weighted by molar-refractivity contribution is 0.622. The summed E-state index contributed by atoms with van der Waals surface area (Å²) < 4.78 is 0. The monoisotopic (exact) mass is 272 g/mol. The maximum Gasteiger partial charge on any atom is 0 e. The fourth-order valence-electron chi connectivity index (χ4n) is 1.98. The van der Waals surface area contributed by atoms with E-state index in [2.05, 4.69) is 39.0 Å². The lowest BCUT2D eigenvalue weighted by Crippen LogP contribution is -1.98. The first kappa shape index (κ1) is 23.5. The SMILES string of the molecule is CC.CC.CC(C)/C=C\[C@H](C)CC1=CCCCC1.O.[HH]. The summed E-state index contributed by atoms with van der Waals surface area (Å²) >= 11 is 0. The minimum absolute atomic E-state index is 0. The van der Waals surface area contributed by atoms with Crippen molar-refractivity contribution < 1.29 is 6.90 Å². The van der Waals surface area contributed by atoms with Crippen molar-refractivity contribution in [1.82, 2.24) is 0 Å². The quantitative estimate of drug-likeness (QED) is 0.546. The van der Waals surface area contributed by atoms with Crippen LogP contribution in [-0.4, -0.2) is 5.48 Å². The van der Waals surface area contributed by atoms with Crippen molar-refractivity contribution >= 4 is 0 Å². The van der Waals surface area contributed by atoms with E-state index >= 15 is 0 Å². The van der Waals surface area contributed by atoms with Crippen molar-refractivity contribution in [3.8, 4) is 0 Å². The van der Waals surface area contributed by atoms with Gasteiger partial charge in [0.1, 0.15) is 0 Å². The molecule has 118 valence electrons. The van der Waals surface area contributed by atoms with Crippen LogP contribution in [-0.2, 0) is 0 Å². The standard InChI is InChI=1S/C14H24.2C2H6.H2O.H2/c1-12(2)9-10-13(3)11-14-7-5-4-6-8-14;2*1-2;;/h7,9-10,12-13H,4-6,8,11H2,1-3H3;2*1-2H3;1H2;1H/b10-9-;;;;/t13-;;;;/m0..../s1. The van der Waals surface area contributed by atoms with E-state index in [0.717, 1.165) is 5.92 Å². The first-order chi connectivity index (χ1) is 8.68. The number of rotatable bonds is 4. The Labute approximate surface area is 124 Å². The minimum atomic E-state index is 0. The highest BCUT2D eigenvalue weighted by atomic mass is 16.0. The third-order valence-corrected chi connectivity index (χ3v) is 2.79. The Morgan fingerprint density at radius 3 is 2.05 bits per heavy atom. The lowest BCUT2D eigenvalue weighted by atomic mass is 9.91. The number of allylic oxidation sites excluding steroid dienone is 4. The van der Waals surface area contributed by atoms with Gasteiger partial charge in [-0.25, -0.2) is 0 Å². The fraction of sp³-hybridized carbons (Fsp3) is 0.778. The molecule has 0 heterocycles. The van der Waals surface area contributed by atoms with Crippen molar-refractivity contribution in [2.45, 2.75) is 80.6 Å². The predicted molar refractivity (Wildman–Crippen MR) is 92.7 cm³/mol. The second kappa shape index (κ2) is 17.4. The zero-order chi connectivity index (χ0) is 14.4. The van der Waals surface area contributed by atoms with Crippen LogP contribution >= 0.6 is 0 Å². The highest BCUT2D eigenvalue weighted by molar-refractivity contribution is 5.07. The molecule has 0 fully saturated rings. The summed E-state index contributed by atoms with van der Waals surface area (Å²) in [7, 11) is 0. The van der Waals surface area contributed by atoms with E-state index in [-0.39, 0.29) is 6.90 Å². The van der Waals surface area contributed by atoms with Gasteiger partial charge < -0.3 is 5.48 Å². The summed E-state index contributed by atoms with van der Waals surface area (Å²) in [5.74, 6) is 1.42. The largest absolute Gasteiger partial charge is 0.412 e. The molecular formula is C18H40O. The molecule has 1 rings (SSSR count). The van der Waals surface area contributed by atoms with Crippen LogP contribution in [0.5, 0.6) is 0 Å². The third-order valence-electron chi connectivity index (χ3n) is 2.79. The topological polar surface area (TPSA) is 31.5 Å². The second-order valence-electron chi connectivity index (χ2n) is 4.92. The highest BCUT2D eigenvalue weighted by Gasteiger charge is 2.06. The molecule has 1 aliphatic carbocycles. The molecule has 0 aromatic rings. The zero-order valence-corrected chi connectivity index (χ0v) is 14.4. The van der Waals surface area contributed by atoms with E-state index < -0.39 is 0 Å². The van der Waals surface area contributed by atoms with Crippen LogP contribution in [0.1, 0.15) is 82.0 Å². The average Bonchev–Trinajstić information content (AvgIpc) is 2.42. The summed E-state index contributed by atoms with van der Waals surface area (Å²) in [6.07, 6.45) is 13.9. The van der Waals surface area contributed by atoms with Crippen LogP contribution in [0.4, 0.5) is 0 Å². The molecular weight excluding hydrogens is 232 g/mol. The normalized spacial score (nSPS) is 15.5. The maximum atomic E-state index is 2.46. The van der Waals surface area contributed by atoms with Crippen molar-refractivity contribution in [3.05, 3.63) is 23.8 Å². The maximum absolute atomic E-state index is 2.46. The van der Waals surface area contributed by atoms with Crippen LogP contribution in [0.25, 0.3) is 0 Å². The molecule has 0 spiro atoms. The Morgan fingerprint density at radius 1 is 1.05 bits per heavy atom. The highest BCUT2D eigenvalue weighted by Crippen LogP contribution is 2.24. The zero-order valence-electron chi connectivity index (χ0n) is 14.4. The Morgan fingerprint density at radius 2 is 1.63 bits per heavy atom. The van der Waals surface area contributed by atoms with Gasteiger partial charge in [0, 0.05) is 1.43 Å². The molecule has 0 aromatic heterocycles. The molecule has 1 nitrogen and oxygen atoms in total. The molecule has 1 aliphatic rings. The van der Waals surface area contributed by atoms with Gasteiger partial charge in [0.15, 0.2) is 0 Å². The van der Waals surface area contributed by atoms with E-state index in [0.29, 0.717) is 5.92 Å². The molecule has 0 saturated heterocycles. The van der Waals surface area contributed by atoms with Crippen molar-refractivity contribution in [2.24, 2.45) is 11.8 Å². The van der Waals surface area contributed by atoms with E-state index in [9.17, 15) is 0 Å². The van der Waals surface area contributed by atoms with Crippen LogP contribution in [0.15, 0.2) is 23.8 Å². The summed E-state index contributed by atoms with van der Waals surface area (Å²) in [5.41, 5.74) is 1.69. The minimum Gasteiger partial charge on any atom is -0.412 e. The van der Waals surface area contributed by atoms with E-state index in [1.165, 1.54) is 32.1 Å². The van der Waals surface area contributed by atoms with Crippen molar-refractivity contribution in [3.63, 3.8) is 0 Å². The molecule has 0 aromatic carbocycles. The fourth-order valence-corrected chi connectivity index (χ4v) is 1.98. The van der Waals surface area contributed by atoms with Crippen molar-refractivity contribution in [1.29, 1.82) is 0 Å². The average molecular weight is 273 g/mol. The van der Waals surface area contributed by atoms with Crippen LogP contribution in [0, 0.1) is 11.8 Å². The first-order valence-electron chi connectivity index (χ1n) is 8.04. The van der Waals surface area contributed by atoms with Gasteiger partial charge in [-0.15, -0.1) is 0 Å². The lowest BCUT2D eigenvalue weighted by Gasteiger charge is -2.15. The molecule has 0 bridgehead atoms. The summed E-state index contributed by atoms with van der Waals surface area (Å²) in [6.45, 7) is 14.8. The van der Waals surface area contributed by atoms with Crippen LogP contribution in [0.3, 0.4) is 0 Å². The molecule has 0 radical (unpaired) electrons. The Balaban J connectivity index is -0.000000196. The van der Waals surface area contributed by atoms with Crippen LogP contribution in [0.2, 0.25) is 0 Å². The van der Waals surface area contributed by atoms with Gasteiger partial charge in [0.05, 0.1) is 0 Å². The smallest absolute Gasteiger partial charge is 0 e. The summed E-state index contributed by atoms with van der Waals surface area (Å²) in [4.78, 5) is 0. The molecule has 0 saturated carbocycles. The van der Waals surface area contributed by atoms with Gasteiger partial charge >= 0.3 is 0 Å². The van der Waals surface area contributed by atoms with Gasteiger partial charge in [0.2, 0.25) is 0 Å². The molecule has 0 aliphatic heterocycles. The Hall–Kier alpha value is -0.560. The Bertz CT molecular complexity index is 219. The molecule has 0 amide bonds. The number of hydrogen-bond acceptors (Lipinski definition) is 0. The molecule has 0 unspecified atom stereocenters. The molecule has 1 heteroatoms. The van der Waals surface area contributed by atoms with Crippen LogP contribution < -0.4 is 0 Å². The summed E-state index contributed by atoms with van der Waals surface area (Å²) in [5, 5.41) is 0. The number of hydrogen-bond donors (Lipinski definition) is 0. The first-order valence-corrected chi connectivity index (χ1v) is 8.04. The summed E-state index contributed by atoms with van der Waals surface area (Å²) in [6, 6.07) is 0. The van der Waals surface area contributed by atoms with Gasteiger partial charge in [-0.05, 0) is 43.9 Å². The van der Waals surface area contributed by atoms with E-state index in [4.69, 9.17) is 0 Å². The predicted octanol–water partition coefficient (Wildman–Crippen LogP) is 6.20. The van der Waals surface area contributed by atoms with E-state index in [1.54, 1.807) is 5.57 Å². The molecule has 1 atom stereocenters. The molecule has 19 heavy (non-hydrogen) atoms. The van der Waals surface area contributed by atoms with E-state index in [1.807, 2.05) is 27.7 Å². The second-order valence-corrected chi connectivity index (χ2v) is 4.92. The Kier molecular flexibility index (Phi) is 21.6. The molecule has 2 N–H and O–H groups in total. The van der Waals surface area contributed by atoms with Gasteiger partial charge in [-0.2, -0.15) is 0 Å². The third kappa shape index (κ3) is 15.4. The van der Waals surface area contributed by atoms with Gasteiger partial charge in [-0.1, -0.05) is 72.3 Å². The van der Waals surface area contributed by atoms with Gasteiger partial charge in [0.25, 0.3) is 0 Å². The van der Waals surface area contributed by atoms with Gasteiger partial charge in [-0.3, -0.25) is 0 Å². The van der Waals surface area contributed by atoms with Crippen molar-refractivity contribution in [2.75, 3.05) is 0 Å².